The van der Waals surface area contributed by atoms with Crippen molar-refractivity contribution < 1.29 is 0 Å². The summed E-state index contributed by atoms with van der Waals surface area (Å²) in [6.45, 7) is 0.424. The van der Waals surface area contributed by atoms with E-state index in [2.05, 4.69) is 4.98 Å². The first-order valence-corrected chi connectivity index (χ1v) is 9.66. The minimum atomic E-state index is -0.0984. The lowest BCUT2D eigenvalue weighted by Gasteiger charge is -2.14. The highest BCUT2D eigenvalue weighted by Crippen LogP contribution is 2.24. The van der Waals surface area contributed by atoms with Gasteiger partial charge in [-0.3, -0.25) is 14.3 Å². The van der Waals surface area contributed by atoms with Gasteiger partial charge in [0.1, 0.15) is 5.82 Å². The number of nitrogens with zero attached hydrogens (tertiary/aromatic N) is 3. The third-order valence-electron chi connectivity index (χ3n) is 4.95. The first-order valence-electron chi connectivity index (χ1n) is 9.28. The lowest BCUT2D eigenvalue weighted by atomic mass is 10.1. The number of fused-ring (bicyclic) bond motifs is 2. The van der Waals surface area contributed by atoms with Crippen molar-refractivity contribution in [3.63, 3.8) is 0 Å². The maximum Gasteiger partial charge on any atom is 0.261 e. The quantitative estimate of drug-likeness (QED) is 0.414. The number of halogens is 1. The lowest BCUT2D eigenvalue weighted by Crippen LogP contribution is -2.24. The molecule has 2 heterocycles. The molecular weight excluding hydrogens is 382 g/mol. The average molecular weight is 398 g/mol. The zero-order valence-electron chi connectivity index (χ0n) is 15.4. The van der Waals surface area contributed by atoms with E-state index in [0.717, 1.165) is 22.0 Å². The van der Waals surface area contributed by atoms with Gasteiger partial charge in [0, 0.05) is 22.2 Å². The van der Waals surface area contributed by atoms with Crippen LogP contribution in [0, 0.1) is 0 Å². The predicted molar refractivity (Wildman–Crippen MR) is 117 cm³/mol. The van der Waals surface area contributed by atoms with Crippen LogP contribution >= 0.6 is 11.6 Å². The molecule has 0 amide bonds. The molecular formula is C24H16ClN3O. The Morgan fingerprint density at radius 3 is 2.52 bits per heavy atom. The van der Waals surface area contributed by atoms with E-state index in [1.807, 2.05) is 60.7 Å². The summed E-state index contributed by atoms with van der Waals surface area (Å²) in [5.74, 6) is 0.576. The van der Waals surface area contributed by atoms with Crippen LogP contribution in [0.3, 0.4) is 0 Å². The third-order valence-corrected chi connectivity index (χ3v) is 5.18. The summed E-state index contributed by atoms with van der Waals surface area (Å²) in [6, 6.07) is 25.0. The molecule has 29 heavy (non-hydrogen) atoms. The molecule has 0 N–H and O–H groups in total. The van der Waals surface area contributed by atoms with Crippen LogP contribution in [-0.2, 0) is 6.54 Å². The fourth-order valence-corrected chi connectivity index (χ4v) is 3.69. The molecule has 4 nitrogen and oxygen atoms in total. The van der Waals surface area contributed by atoms with Gasteiger partial charge in [0.05, 0.1) is 23.0 Å². The van der Waals surface area contributed by atoms with Gasteiger partial charge in [-0.25, -0.2) is 4.98 Å². The molecule has 0 saturated carbocycles. The smallest absolute Gasteiger partial charge is 0.261 e. The molecule has 2 aromatic heterocycles. The summed E-state index contributed by atoms with van der Waals surface area (Å²) in [7, 11) is 0. The molecule has 5 rings (SSSR count). The summed E-state index contributed by atoms with van der Waals surface area (Å²) in [5, 5.41) is 2.09. The van der Waals surface area contributed by atoms with Gasteiger partial charge in [-0.2, -0.15) is 0 Å². The van der Waals surface area contributed by atoms with E-state index >= 15 is 0 Å². The Labute approximate surface area is 172 Å². The molecule has 0 radical (unpaired) electrons. The van der Waals surface area contributed by atoms with Crippen LogP contribution in [-0.4, -0.2) is 14.5 Å². The number of pyridine rings is 1. The second-order valence-electron chi connectivity index (χ2n) is 6.89. The normalized spacial score (nSPS) is 11.2. The molecule has 0 unspecified atom stereocenters. The maximum atomic E-state index is 13.4. The van der Waals surface area contributed by atoms with Gasteiger partial charge in [0.2, 0.25) is 0 Å². The molecule has 5 aromatic rings. The van der Waals surface area contributed by atoms with Crippen molar-refractivity contribution in [2.75, 3.05) is 0 Å². The first-order chi connectivity index (χ1) is 14.2. The van der Waals surface area contributed by atoms with Crippen molar-refractivity contribution in [2.24, 2.45) is 0 Å². The highest BCUT2D eigenvalue weighted by atomic mass is 35.5. The molecule has 0 aliphatic rings. The Hall–Kier alpha value is -3.50. The van der Waals surface area contributed by atoms with Gasteiger partial charge >= 0.3 is 0 Å². The fraction of sp³-hybridized carbons (Fsp3) is 0.0417. The van der Waals surface area contributed by atoms with E-state index in [9.17, 15) is 4.79 Å². The van der Waals surface area contributed by atoms with Crippen LogP contribution in [0.4, 0.5) is 0 Å². The third kappa shape index (κ3) is 3.28. The summed E-state index contributed by atoms with van der Waals surface area (Å²) in [6.07, 6.45) is 1.77. The monoisotopic (exact) mass is 397 g/mol. The molecule has 0 aliphatic carbocycles. The fourth-order valence-electron chi connectivity index (χ4n) is 3.52. The zero-order chi connectivity index (χ0) is 19.8. The molecule has 0 atom stereocenters. The Morgan fingerprint density at radius 2 is 1.66 bits per heavy atom. The molecule has 5 heteroatoms. The zero-order valence-corrected chi connectivity index (χ0v) is 16.2. The lowest BCUT2D eigenvalue weighted by molar-refractivity contribution is 0.759. The number of benzene rings is 3. The van der Waals surface area contributed by atoms with Crippen LogP contribution in [0.1, 0.15) is 5.56 Å². The van der Waals surface area contributed by atoms with Crippen molar-refractivity contribution in [3.8, 4) is 11.4 Å². The van der Waals surface area contributed by atoms with Gasteiger partial charge in [0.15, 0.2) is 0 Å². The highest BCUT2D eigenvalue weighted by Gasteiger charge is 2.14. The molecule has 0 aliphatic heterocycles. The van der Waals surface area contributed by atoms with Crippen molar-refractivity contribution in [2.45, 2.75) is 6.54 Å². The molecule has 0 fully saturated rings. The highest BCUT2D eigenvalue weighted by molar-refractivity contribution is 6.31. The second-order valence-corrected chi connectivity index (χ2v) is 7.33. The number of hydrogen-bond donors (Lipinski definition) is 0. The summed E-state index contributed by atoms with van der Waals surface area (Å²) >= 11 is 6.16. The molecule has 0 spiro atoms. The van der Waals surface area contributed by atoms with E-state index < -0.39 is 0 Å². The van der Waals surface area contributed by atoms with Gasteiger partial charge in [-0.15, -0.1) is 0 Å². The van der Waals surface area contributed by atoms with Crippen molar-refractivity contribution >= 4 is 33.4 Å². The van der Waals surface area contributed by atoms with Gasteiger partial charge in [0.25, 0.3) is 5.56 Å². The van der Waals surface area contributed by atoms with E-state index in [4.69, 9.17) is 16.6 Å². The minimum Gasteiger partial charge on any atom is -0.288 e. The summed E-state index contributed by atoms with van der Waals surface area (Å²) < 4.78 is 1.71. The largest absolute Gasteiger partial charge is 0.288 e. The SMILES string of the molecule is O=c1c2ccc(Cl)cc2nc(-c2cnc3ccccc3c2)n1Cc1ccccc1. The first kappa shape index (κ1) is 17.6. The van der Waals surface area contributed by atoms with Crippen LogP contribution in [0.15, 0.2) is 89.9 Å². The van der Waals surface area contributed by atoms with Crippen LogP contribution in [0.25, 0.3) is 33.2 Å². The van der Waals surface area contributed by atoms with E-state index in [-0.39, 0.29) is 5.56 Å². The van der Waals surface area contributed by atoms with Crippen molar-refractivity contribution in [1.29, 1.82) is 0 Å². The second kappa shape index (κ2) is 7.15. The van der Waals surface area contributed by atoms with Gasteiger partial charge in [-0.1, -0.05) is 60.1 Å². The Morgan fingerprint density at radius 1 is 0.862 bits per heavy atom. The van der Waals surface area contributed by atoms with E-state index in [1.165, 1.54) is 0 Å². The predicted octanol–water partition coefficient (Wildman–Crippen LogP) is 5.31. The van der Waals surface area contributed by atoms with E-state index in [0.29, 0.717) is 28.3 Å². The molecule has 0 saturated heterocycles. The number of para-hydroxylation sites is 1. The van der Waals surface area contributed by atoms with Gasteiger partial charge < -0.3 is 0 Å². The van der Waals surface area contributed by atoms with Gasteiger partial charge in [-0.05, 0) is 35.9 Å². The molecule has 3 aromatic carbocycles. The number of rotatable bonds is 3. The van der Waals surface area contributed by atoms with Crippen molar-refractivity contribution in [1.82, 2.24) is 14.5 Å². The van der Waals surface area contributed by atoms with Crippen LogP contribution in [0.2, 0.25) is 5.02 Å². The summed E-state index contributed by atoms with van der Waals surface area (Å²) in [4.78, 5) is 22.7. The number of aromatic nitrogens is 3. The van der Waals surface area contributed by atoms with Crippen molar-refractivity contribution in [3.05, 3.63) is 106 Å². The average Bonchev–Trinajstić information content (AvgIpc) is 2.76. The maximum absolute atomic E-state index is 13.4. The standard InChI is InChI=1S/C24H16ClN3O/c25-19-10-11-20-22(13-19)27-23(18-12-17-8-4-5-9-21(17)26-14-18)28(24(20)29)15-16-6-2-1-3-7-16/h1-14H,15H2. The van der Waals surface area contributed by atoms with Crippen LogP contribution < -0.4 is 5.56 Å². The van der Waals surface area contributed by atoms with Crippen LogP contribution in [0.5, 0.6) is 0 Å². The minimum absolute atomic E-state index is 0.0984. The Kier molecular flexibility index (Phi) is 4.34. The number of hydrogen-bond acceptors (Lipinski definition) is 3. The summed E-state index contributed by atoms with van der Waals surface area (Å²) in [5.41, 5.74) is 3.20. The van der Waals surface area contributed by atoms with E-state index in [1.54, 1.807) is 29.0 Å². The molecule has 140 valence electrons. The Balaban J connectivity index is 1.79. The topological polar surface area (TPSA) is 47.8 Å². The molecule has 0 bridgehead atoms. The Bertz CT molecular complexity index is 1410.